The summed E-state index contributed by atoms with van der Waals surface area (Å²) in [5, 5.41) is 8.97. The monoisotopic (exact) mass is 216 g/mol. The fourth-order valence-electron chi connectivity index (χ4n) is 1.49. The van der Waals surface area contributed by atoms with Crippen LogP contribution in [0.15, 0.2) is 0 Å². The summed E-state index contributed by atoms with van der Waals surface area (Å²) < 4.78 is 5.37. The second-order valence-corrected chi connectivity index (χ2v) is 4.42. The van der Waals surface area contributed by atoms with Crippen LogP contribution < -0.4 is 0 Å². The van der Waals surface area contributed by atoms with Gasteiger partial charge in [0.15, 0.2) is 0 Å². The Morgan fingerprint density at radius 3 is 2.47 bits per heavy atom. The maximum Gasteiger partial charge on any atom is 0.306 e. The van der Waals surface area contributed by atoms with Crippen molar-refractivity contribution in [1.29, 1.82) is 0 Å². The van der Waals surface area contributed by atoms with Gasteiger partial charge < -0.3 is 9.84 Å². The van der Waals surface area contributed by atoms with Crippen LogP contribution in [0.5, 0.6) is 0 Å². The SMILES string of the molecule is CCCCOCCC(CC(C)C)C(=O)O. The van der Waals surface area contributed by atoms with Crippen molar-refractivity contribution in [2.24, 2.45) is 11.8 Å². The minimum Gasteiger partial charge on any atom is -0.481 e. The number of carbonyl (C=O) groups is 1. The first-order chi connectivity index (χ1) is 7.07. The van der Waals surface area contributed by atoms with Crippen LogP contribution in [0.25, 0.3) is 0 Å². The molecule has 0 aromatic heterocycles. The Bertz CT molecular complexity index is 166. The Morgan fingerprint density at radius 1 is 1.33 bits per heavy atom. The molecule has 0 aromatic carbocycles. The molecule has 0 aromatic rings. The zero-order chi connectivity index (χ0) is 11.7. The van der Waals surface area contributed by atoms with Crippen LogP contribution in [0.3, 0.4) is 0 Å². The molecular weight excluding hydrogens is 192 g/mol. The number of rotatable bonds is 9. The lowest BCUT2D eigenvalue weighted by molar-refractivity contribution is -0.143. The van der Waals surface area contributed by atoms with E-state index in [0.717, 1.165) is 25.9 Å². The van der Waals surface area contributed by atoms with E-state index in [2.05, 4.69) is 6.92 Å². The molecule has 1 atom stereocenters. The Morgan fingerprint density at radius 2 is 2.00 bits per heavy atom. The van der Waals surface area contributed by atoms with Crippen molar-refractivity contribution in [3.8, 4) is 0 Å². The minimum atomic E-state index is -0.692. The average Bonchev–Trinajstić information content (AvgIpc) is 2.15. The fraction of sp³-hybridized carbons (Fsp3) is 0.917. The van der Waals surface area contributed by atoms with E-state index in [-0.39, 0.29) is 5.92 Å². The van der Waals surface area contributed by atoms with Gasteiger partial charge in [-0.2, -0.15) is 0 Å². The van der Waals surface area contributed by atoms with Crippen molar-refractivity contribution in [2.45, 2.75) is 46.5 Å². The molecule has 0 saturated carbocycles. The Balaban J connectivity index is 3.62. The lowest BCUT2D eigenvalue weighted by atomic mass is 9.95. The molecule has 0 heterocycles. The summed E-state index contributed by atoms with van der Waals surface area (Å²) in [7, 11) is 0. The van der Waals surface area contributed by atoms with Crippen LogP contribution in [-0.2, 0) is 9.53 Å². The van der Waals surface area contributed by atoms with Crippen molar-refractivity contribution >= 4 is 5.97 Å². The zero-order valence-corrected chi connectivity index (χ0v) is 10.2. The average molecular weight is 216 g/mol. The fourth-order valence-corrected chi connectivity index (χ4v) is 1.49. The first kappa shape index (κ1) is 14.4. The molecule has 0 saturated heterocycles. The molecule has 3 nitrogen and oxygen atoms in total. The van der Waals surface area contributed by atoms with E-state index in [1.165, 1.54) is 0 Å². The largest absolute Gasteiger partial charge is 0.481 e. The number of carboxylic acids is 1. The predicted octanol–water partition coefficient (Wildman–Crippen LogP) is 2.94. The topological polar surface area (TPSA) is 46.5 Å². The van der Waals surface area contributed by atoms with E-state index in [1.807, 2.05) is 13.8 Å². The van der Waals surface area contributed by atoms with E-state index in [9.17, 15) is 4.79 Å². The first-order valence-electron chi connectivity index (χ1n) is 5.88. The maximum atomic E-state index is 10.9. The summed E-state index contributed by atoms with van der Waals surface area (Å²) in [6.07, 6.45) is 3.56. The number of hydrogen-bond acceptors (Lipinski definition) is 2. The lowest BCUT2D eigenvalue weighted by Gasteiger charge is -2.14. The molecule has 1 N–H and O–H groups in total. The Kier molecular flexibility index (Phi) is 8.38. The van der Waals surface area contributed by atoms with Crippen LogP contribution in [-0.4, -0.2) is 24.3 Å². The summed E-state index contributed by atoms with van der Waals surface area (Å²) in [6.45, 7) is 7.54. The van der Waals surface area contributed by atoms with Crippen LogP contribution in [0.1, 0.15) is 46.5 Å². The van der Waals surface area contributed by atoms with Crippen molar-refractivity contribution in [3.63, 3.8) is 0 Å². The lowest BCUT2D eigenvalue weighted by Crippen LogP contribution is -2.18. The highest BCUT2D eigenvalue weighted by atomic mass is 16.5. The van der Waals surface area contributed by atoms with Crippen molar-refractivity contribution in [2.75, 3.05) is 13.2 Å². The molecule has 0 spiro atoms. The smallest absolute Gasteiger partial charge is 0.306 e. The molecule has 0 bridgehead atoms. The molecular formula is C12H24O3. The summed E-state index contributed by atoms with van der Waals surface area (Å²) in [4.78, 5) is 10.9. The van der Waals surface area contributed by atoms with Crippen LogP contribution >= 0.6 is 0 Å². The van der Waals surface area contributed by atoms with Gasteiger partial charge in [-0.1, -0.05) is 27.2 Å². The molecule has 1 unspecified atom stereocenters. The molecule has 0 aliphatic carbocycles. The summed E-state index contributed by atoms with van der Waals surface area (Å²) in [6, 6.07) is 0. The highest BCUT2D eigenvalue weighted by Gasteiger charge is 2.18. The number of unbranched alkanes of at least 4 members (excludes halogenated alkanes) is 1. The predicted molar refractivity (Wildman–Crippen MR) is 60.9 cm³/mol. The van der Waals surface area contributed by atoms with Crippen LogP contribution in [0, 0.1) is 11.8 Å². The molecule has 0 aliphatic rings. The third-order valence-electron chi connectivity index (χ3n) is 2.36. The molecule has 0 aliphatic heterocycles. The van der Waals surface area contributed by atoms with E-state index >= 15 is 0 Å². The second-order valence-electron chi connectivity index (χ2n) is 4.42. The molecule has 0 fully saturated rings. The quantitative estimate of drug-likeness (QED) is 0.603. The summed E-state index contributed by atoms with van der Waals surface area (Å²) >= 11 is 0. The van der Waals surface area contributed by atoms with Crippen LogP contribution in [0.4, 0.5) is 0 Å². The summed E-state index contributed by atoms with van der Waals surface area (Å²) in [5.74, 6) is -0.504. The Labute approximate surface area is 92.8 Å². The second kappa shape index (κ2) is 8.72. The normalized spacial score (nSPS) is 13.1. The van der Waals surface area contributed by atoms with Crippen molar-refractivity contribution < 1.29 is 14.6 Å². The molecule has 3 heteroatoms. The molecule has 0 rings (SSSR count). The number of ether oxygens (including phenoxy) is 1. The van der Waals surface area contributed by atoms with Crippen molar-refractivity contribution in [3.05, 3.63) is 0 Å². The first-order valence-corrected chi connectivity index (χ1v) is 5.88. The van der Waals surface area contributed by atoms with Gasteiger partial charge in [0.1, 0.15) is 0 Å². The van der Waals surface area contributed by atoms with Gasteiger partial charge in [0.05, 0.1) is 5.92 Å². The van der Waals surface area contributed by atoms with Crippen LogP contribution in [0.2, 0.25) is 0 Å². The standard InChI is InChI=1S/C12H24O3/c1-4-5-7-15-8-6-11(12(13)14)9-10(2)3/h10-11H,4-9H2,1-3H3,(H,13,14). The molecule has 0 radical (unpaired) electrons. The highest BCUT2D eigenvalue weighted by molar-refractivity contribution is 5.69. The Hall–Kier alpha value is -0.570. The zero-order valence-electron chi connectivity index (χ0n) is 10.2. The van der Waals surface area contributed by atoms with E-state index in [4.69, 9.17) is 9.84 Å². The van der Waals surface area contributed by atoms with E-state index in [0.29, 0.717) is 18.9 Å². The minimum absolute atomic E-state index is 0.244. The van der Waals surface area contributed by atoms with Gasteiger partial charge in [-0.25, -0.2) is 0 Å². The van der Waals surface area contributed by atoms with Gasteiger partial charge in [-0.15, -0.1) is 0 Å². The molecule has 15 heavy (non-hydrogen) atoms. The third kappa shape index (κ3) is 8.43. The van der Waals surface area contributed by atoms with Gasteiger partial charge in [-0.3, -0.25) is 4.79 Å². The molecule has 90 valence electrons. The van der Waals surface area contributed by atoms with Gasteiger partial charge in [0.25, 0.3) is 0 Å². The highest BCUT2D eigenvalue weighted by Crippen LogP contribution is 2.15. The summed E-state index contributed by atoms with van der Waals surface area (Å²) in [5.41, 5.74) is 0. The molecule has 0 amide bonds. The van der Waals surface area contributed by atoms with Gasteiger partial charge >= 0.3 is 5.97 Å². The third-order valence-corrected chi connectivity index (χ3v) is 2.36. The van der Waals surface area contributed by atoms with E-state index < -0.39 is 5.97 Å². The van der Waals surface area contributed by atoms with E-state index in [1.54, 1.807) is 0 Å². The van der Waals surface area contributed by atoms with Gasteiger partial charge in [0.2, 0.25) is 0 Å². The van der Waals surface area contributed by atoms with Gasteiger partial charge in [-0.05, 0) is 25.2 Å². The van der Waals surface area contributed by atoms with Crippen molar-refractivity contribution in [1.82, 2.24) is 0 Å². The number of carboxylic acid groups (broad SMARTS) is 1. The van der Waals surface area contributed by atoms with Gasteiger partial charge in [0, 0.05) is 13.2 Å². The number of hydrogen-bond donors (Lipinski definition) is 1. The number of aliphatic carboxylic acids is 1. The maximum absolute atomic E-state index is 10.9.